The number of carbonyl (C=O) groups is 1. The van der Waals surface area contributed by atoms with Crippen LogP contribution >= 0.6 is 46.6 Å². The van der Waals surface area contributed by atoms with Crippen LogP contribution in [0.1, 0.15) is 11.1 Å². The van der Waals surface area contributed by atoms with E-state index >= 15 is 0 Å². The normalized spacial score (nSPS) is 10.7. The van der Waals surface area contributed by atoms with Crippen molar-refractivity contribution in [3.8, 4) is 5.75 Å². The molecule has 3 nitrogen and oxygen atoms in total. The molecule has 28 heavy (non-hydrogen) atoms. The van der Waals surface area contributed by atoms with Crippen molar-refractivity contribution < 1.29 is 9.90 Å². The second kappa shape index (κ2) is 9.57. The van der Waals surface area contributed by atoms with Crippen molar-refractivity contribution in [2.75, 3.05) is 5.32 Å². The zero-order chi connectivity index (χ0) is 20.1. The van der Waals surface area contributed by atoms with E-state index in [9.17, 15) is 9.90 Å². The Hall–Kier alpha value is -1.85. The number of phenolic OH excluding ortho intramolecular Hbond substituents is 1. The van der Waals surface area contributed by atoms with Crippen LogP contribution in [0, 0.1) is 0 Å². The lowest BCUT2D eigenvalue weighted by Gasteiger charge is -2.13. The minimum atomic E-state index is -0.0603. The highest BCUT2D eigenvalue weighted by molar-refractivity contribution is 7.99. The van der Waals surface area contributed by atoms with Crippen LogP contribution in [0.15, 0.2) is 64.4 Å². The summed E-state index contributed by atoms with van der Waals surface area (Å²) in [4.78, 5) is 12.9. The van der Waals surface area contributed by atoms with E-state index in [1.54, 1.807) is 30.0 Å². The van der Waals surface area contributed by atoms with Gasteiger partial charge in [-0.2, -0.15) is 0 Å². The average molecular weight is 453 g/mol. The van der Waals surface area contributed by atoms with Crippen molar-refractivity contribution in [2.45, 2.75) is 22.8 Å². The Labute approximate surface area is 182 Å². The molecule has 0 unspecified atom stereocenters. The Morgan fingerprint density at radius 3 is 2.46 bits per heavy atom. The molecule has 0 atom stereocenters. The predicted molar refractivity (Wildman–Crippen MR) is 117 cm³/mol. The van der Waals surface area contributed by atoms with Gasteiger partial charge in [0.15, 0.2) is 0 Å². The number of anilines is 1. The molecule has 0 aliphatic carbocycles. The Morgan fingerprint density at radius 1 is 0.929 bits per heavy atom. The molecule has 0 saturated heterocycles. The molecule has 0 bridgehead atoms. The van der Waals surface area contributed by atoms with Crippen LogP contribution in [0.2, 0.25) is 15.1 Å². The summed E-state index contributed by atoms with van der Waals surface area (Å²) in [6, 6.07) is 16.9. The van der Waals surface area contributed by atoms with Gasteiger partial charge in [0.05, 0.1) is 15.1 Å². The van der Waals surface area contributed by atoms with Crippen LogP contribution < -0.4 is 5.32 Å². The number of hydrogen-bond acceptors (Lipinski definition) is 4. The molecule has 0 spiro atoms. The molecule has 7 heteroatoms. The number of rotatable bonds is 7. The third-order valence-electron chi connectivity index (χ3n) is 4.02. The number of aldehydes is 1. The van der Waals surface area contributed by atoms with Gasteiger partial charge in [-0.25, -0.2) is 0 Å². The fourth-order valence-corrected chi connectivity index (χ4v) is 4.20. The Morgan fingerprint density at radius 2 is 1.71 bits per heavy atom. The summed E-state index contributed by atoms with van der Waals surface area (Å²) in [5.74, 6) is -0.0603. The molecule has 0 aliphatic heterocycles. The highest BCUT2D eigenvalue weighted by Gasteiger charge is 2.10. The Kier molecular flexibility index (Phi) is 7.13. The smallest absolute Gasteiger partial charge is 0.137 e. The highest BCUT2D eigenvalue weighted by atomic mass is 35.5. The highest BCUT2D eigenvalue weighted by Crippen LogP contribution is 2.35. The van der Waals surface area contributed by atoms with Gasteiger partial charge in [-0.3, -0.25) is 0 Å². The first kappa shape index (κ1) is 20.9. The van der Waals surface area contributed by atoms with Crippen LogP contribution in [-0.4, -0.2) is 11.4 Å². The topological polar surface area (TPSA) is 49.3 Å². The Bertz CT molecular complexity index is 1010. The fraction of sp³-hybridized carbons (Fsp3) is 0.0952. The summed E-state index contributed by atoms with van der Waals surface area (Å²) in [5, 5.41) is 14.5. The summed E-state index contributed by atoms with van der Waals surface area (Å²) in [6.45, 7) is 0.548. The van der Waals surface area contributed by atoms with Gasteiger partial charge in [-0.05, 0) is 42.0 Å². The van der Waals surface area contributed by atoms with Crippen molar-refractivity contribution in [3.63, 3.8) is 0 Å². The molecule has 0 radical (unpaired) electrons. The second-order valence-corrected chi connectivity index (χ2v) is 8.31. The number of hydrogen-bond donors (Lipinski definition) is 2. The molecule has 3 aromatic carbocycles. The lowest BCUT2D eigenvalue weighted by atomic mass is 10.1. The van der Waals surface area contributed by atoms with Crippen LogP contribution in [0.25, 0.3) is 0 Å². The van der Waals surface area contributed by atoms with E-state index in [1.165, 1.54) is 0 Å². The monoisotopic (exact) mass is 451 g/mol. The van der Waals surface area contributed by atoms with E-state index in [2.05, 4.69) is 5.32 Å². The Balaban J connectivity index is 1.78. The summed E-state index contributed by atoms with van der Waals surface area (Å²) >= 11 is 19.8. The average Bonchev–Trinajstić information content (AvgIpc) is 2.68. The van der Waals surface area contributed by atoms with Crippen molar-refractivity contribution in [1.29, 1.82) is 0 Å². The maximum absolute atomic E-state index is 10.8. The van der Waals surface area contributed by atoms with Crippen molar-refractivity contribution in [3.05, 3.63) is 80.8 Å². The molecule has 0 saturated carbocycles. The van der Waals surface area contributed by atoms with Crippen LogP contribution in [-0.2, 0) is 17.8 Å². The fourth-order valence-electron chi connectivity index (χ4n) is 2.62. The predicted octanol–water partition coefficient (Wildman–Crippen LogP) is 6.86. The van der Waals surface area contributed by atoms with E-state index < -0.39 is 0 Å². The SMILES string of the molecule is O=CCc1cc(NCc2ccccc2Sc2ccc(Cl)c(Cl)c2)cc(Cl)c1O. The summed E-state index contributed by atoms with van der Waals surface area (Å²) in [7, 11) is 0. The van der Waals surface area contributed by atoms with E-state index in [0.717, 1.165) is 27.3 Å². The molecular formula is C21H16Cl3NO2S. The van der Waals surface area contributed by atoms with Crippen molar-refractivity contribution in [2.24, 2.45) is 0 Å². The molecule has 3 rings (SSSR count). The van der Waals surface area contributed by atoms with Gasteiger partial charge in [-0.1, -0.05) is 64.8 Å². The van der Waals surface area contributed by atoms with Gasteiger partial charge < -0.3 is 15.2 Å². The van der Waals surface area contributed by atoms with E-state index in [-0.39, 0.29) is 17.2 Å². The molecule has 0 heterocycles. The van der Waals surface area contributed by atoms with Crippen molar-refractivity contribution in [1.82, 2.24) is 0 Å². The molecule has 144 valence electrons. The summed E-state index contributed by atoms with van der Waals surface area (Å²) in [6.07, 6.45) is 0.836. The van der Waals surface area contributed by atoms with Gasteiger partial charge >= 0.3 is 0 Å². The quantitative estimate of drug-likeness (QED) is 0.304. The van der Waals surface area contributed by atoms with Gasteiger partial charge in [0, 0.05) is 34.0 Å². The number of nitrogens with one attached hydrogen (secondary N) is 1. The first-order chi connectivity index (χ1) is 13.5. The van der Waals surface area contributed by atoms with E-state index in [0.29, 0.717) is 22.2 Å². The number of carbonyl (C=O) groups excluding carboxylic acids is 1. The van der Waals surface area contributed by atoms with Crippen LogP contribution in [0.4, 0.5) is 5.69 Å². The number of benzene rings is 3. The zero-order valence-electron chi connectivity index (χ0n) is 14.6. The van der Waals surface area contributed by atoms with Crippen molar-refractivity contribution >= 4 is 58.5 Å². The van der Waals surface area contributed by atoms with Gasteiger partial charge in [-0.15, -0.1) is 0 Å². The maximum Gasteiger partial charge on any atom is 0.137 e. The maximum atomic E-state index is 10.8. The minimum Gasteiger partial charge on any atom is -0.506 e. The lowest BCUT2D eigenvalue weighted by molar-refractivity contribution is -0.107. The minimum absolute atomic E-state index is 0.0603. The molecule has 0 aromatic heterocycles. The standard InChI is InChI=1S/C21H16Cl3NO2S/c22-17-6-5-16(11-18(17)23)28-20-4-2-1-3-14(20)12-25-15-9-13(7-8-26)21(27)19(24)10-15/h1-6,8-11,25,27H,7,12H2. The van der Waals surface area contributed by atoms with Gasteiger partial charge in [0.25, 0.3) is 0 Å². The van der Waals surface area contributed by atoms with Crippen LogP contribution in [0.5, 0.6) is 5.75 Å². The first-order valence-electron chi connectivity index (χ1n) is 8.37. The van der Waals surface area contributed by atoms with E-state index in [4.69, 9.17) is 34.8 Å². The summed E-state index contributed by atoms with van der Waals surface area (Å²) < 4.78 is 0. The molecule has 0 aliphatic rings. The molecule has 3 aromatic rings. The molecule has 0 amide bonds. The lowest BCUT2D eigenvalue weighted by Crippen LogP contribution is -2.02. The number of phenols is 1. The van der Waals surface area contributed by atoms with E-state index in [1.807, 2.05) is 36.4 Å². The number of aromatic hydroxyl groups is 1. The molecule has 2 N–H and O–H groups in total. The second-order valence-electron chi connectivity index (χ2n) is 5.98. The summed E-state index contributed by atoms with van der Waals surface area (Å²) in [5.41, 5.74) is 2.30. The van der Waals surface area contributed by atoms with Gasteiger partial charge in [0.1, 0.15) is 12.0 Å². The zero-order valence-corrected chi connectivity index (χ0v) is 17.7. The van der Waals surface area contributed by atoms with Crippen LogP contribution in [0.3, 0.4) is 0 Å². The van der Waals surface area contributed by atoms with Gasteiger partial charge in [0.2, 0.25) is 0 Å². The molecule has 0 fully saturated rings. The third-order valence-corrected chi connectivity index (χ3v) is 6.16. The number of halogens is 3. The largest absolute Gasteiger partial charge is 0.506 e. The third kappa shape index (κ3) is 5.15. The first-order valence-corrected chi connectivity index (χ1v) is 10.3. The molecular weight excluding hydrogens is 437 g/mol.